The Balaban J connectivity index is 1.73. The van der Waals surface area contributed by atoms with Crippen LogP contribution in [0.4, 0.5) is 17.5 Å². The van der Waals surface area contributed by atoms with Gasteiger partial charge in [-0.25, -0.2) is 9.97 Å². The van der Waals surface area contributed by atoms with E-state index in [0.717, 1.165) is 36.7 Å². The summed E-state index contributed by atoms with van der Waals surface area (Å²) in [4.78, 5) is 15.4. The summed E-state index contributed by atoms with van der Waals surface area (Å²) in [6.07, 6.45) is 2.83. The van der Waals surface area contributed by atoms with Gasteiger partial charge in [0.05, 0.1) is 25.6 Å². The molecule has 0 radical (unpaired) electrons. The normalized spacial score (nSPS) is 17.2. The van der Waals surface area contributed by atoms with Gasteiger partial charge in [0.1, 0.15) is 5.82 Å². The Morgan fingerprint density at radius 1 is 1.31 bits per heavy atom. The molecule has 2 aromatic heterocycles. The third-order valence-electron chi connectivity index (χ3n) is 4.34. The zero-order valence-corrected chi connectivity index (χ0v) is 15.7. The highest BCUT2D eigenvalue weighted by atomic mass is 16.5. The monoisotopic (exact) mass is 358 g/mol. The molecule has 1 aliphatic heterocycles. The molecule has 2 N–H and O–H groups in total. The molecule has 3 rings (SSSR count). The molecule has 8 nitrogen and oxygen atoms in total. The van der Waals surface area contributed by atoms with Gasteiger partial charge in [-0.3, -0.25) is 0 Å². The van der Waals surface area contributed by atoms with Gasteiger partial charge in [0, 0.05) is 37.3 Å². The first-order valence-corrected chi connectivity index (χ1v) is 8.73. The van der Waals surface area contributed by atoms with E-state index in [0.29, 0.717) is 30.1 Å². The van der Waals surface area contributed by atoms with Gasteiger partial charge in [-0.1, -0.05) is 0 Å². The largest absolute Gasteiger partial charge is 0.488 e. The zero-order valence-electron chi connectivity index (χ0n) is 15.7. The van der Waals surface area contributed by atoms with Crippen molar-refractivity contribution in [1.29, 1.82) is 0 Å². The zero-order chi connectivity index (χ0) is 18.5. The van der Waals surface area contributed by atoms with Crippen LogP contribution in [0.1, 0.15) is 12.1 Å². The Bertz CT molecular complexity index is 754. The highest BCUT2D eigenvalue weighted by molar-refractivity contribution is 5.58. The van der Waals surface area contributed by atoms with E-state index in [1.807, 2.05) is 26.1 Å². The Labute approximate surface area is 154 Å². The molecule has 0 bridgehead atoms. The summed E-state index contributed by atoms with van der Waals surface area (Å²) in [5, 5.41) is 6.20. The van der Waals surface area contributed by atoms with E-state index in [1.165, 1.54) is 0 Å². The van der Waals surface area contributed by atoms with Gasteiger partial charge in [-0.15, -0.1) is 0 Å². The number of rotatable bonds is 7. The van der Waals surface area contributed by atoms with Crippen molar-refractivity contribution >= 4 is 17.5 Å². The third kappa shape index (κ3) is 4.51. The van der Waals surface area contributed by atoms with Crippen LogP contribution in [0.2, 0.25) is 0 Å². The standard InChI is InChI=1S/C18H26N6O2/c1-12-7-16(19-2)23-18(21-12)22-14-8-15(17(25-4)20-9-14)26-11-13-5-6-24(3)10-13/h7-9,13H,5-6,10-11H2,1-4H3,(H2,19,21,22,23)/t13-/m1/s1. The van der Waals surface area contributed by atoms with Crippen LogP contribution >= 0.6 is 0 Å². The average molecular weight is 358 g/mol. The molecule has 1 atom stereocenters. The van der Waals surface area contributed by atoms with Crippen molar-refractivity contribution < 1.29 is 9.47 Å². The van der Waals surface area contributed by atoms with Crippen LogP contribution in [0.5, 0.6) is 11.6 Å². The summed E-state index contributed by atoms with van der Waals surface area (Å²) < 4.78 is 11.3. The number of ether oxygens (including phenoxy) is 2. The molecule has 8 heteroatoms. The summed E-state index contributed by atoms with van der Waals surface area (Å²) >= 11 is 0. The molecule has 1 fully saturated rings. The van der Waals surface area contributed by atoms with Crippen LogP contribution in [-0.2, 0) is 0 Å². The first kappa shape index (κ1) is 18.2. The van der Waals surface area contributed by atoms with E-state index < -0.39 is 0 Å². The summed E-state index contributed by atoms with van der Waals surface area (Å²) in [6, 6.07) is 3.75. The first-order valence-electron chi connectivity index (χ1n) is 8.73. The van der Waals surface area contributed by atoms with Gasteiger partial charge in [-0.05, 0) is 26.9 Å². The van der Waals surface area contributed by atoms with Gasteiger partial charge >= 0.3 is 0 Å². The Kier molecular flexibility index (Phi) is 5.72. The van der Waals surface area contributed by atoms with E-state index in [2.05, 4.69) is 37.5 Å². The maximum absolute atomic E-state index is 6.00. The topological polar surface area (TPSA) is 84.4 Å². The van der Waals surface area contributed by atoms with Gasteiger partial charge in [-0.2, -0.15) is 4.98 Å². The van der Waals surface area contributed by atoms with E-state index >= 15 is 0 Å². The number of nitrogens with one attached hydrogen (secondary N) is 2. The van der Waals surface area contributed by atoms with Crippen molar-refractivity contribution in [3.05, 3.63) is 24.0 Å². The van der Waals surface area contributed by atoms with E-state index in [9.17, 15) is 0 Å². The van der Waals surface area contributed by atoms with Crippen LogP contribution < -0.4 is 20.1 Å². The molecule has 26 heavy (non-hydrogen) atoms. The number of nitrogens with zero attached hydrogens (tertiary/aromatic N) is 4. The van der Waals surface area contributed by atoms with Crippen LogP contribution in [-0.4, -0.2) is 60.8 Å². The molecule has 140 valence electrons. The number of hydrogen-bond donors (Lipinski definition) is 2. The van der Waals surface area contributed by atoms with Crippen molar-refractivity contribution in [3.63, 3.8) is 0 Å². The van der Waals surface area contributed by atoms with Crippen LogP contribution in [0, 0.1) is 12.8 Å². The average Bonchev–Trinajstić information content (AvgIpc) is 3.05. The number of anilines is 3. The molecule has 0 spiro atoms. The van der Waals surface area contributed by atoms with Gasteiger partial charge in [0.15, 0.2) is 5.75 Å². The number of pyridine rings is 1. The Hall–Kier alpha value is -2.61. The number of aromatic nitrogens is 3. The lowest BCUT2D eigenvalue weighted by Gasteiger charge is -2.15. The second-order valence-corrected chi connectivity index (χ2v) is 6.55. The molecule has 0 aromatic carbocycles. The van der Waals surface area contributed by atoms with Gasteiger partial charge < -0.3 is 25.0 Å². The molecule has 1 saturated heterocycles. The highest BCUT2D eigenvalue weighted by Gasteiger charge is 2.21. The first-order chi connectivity index (χ1) is 12.6. The fraction of sp³-hybridized carbons (Fsp3) is 0.500. The van der Waals surface area contributed by atoms with Crippen LogP contribution in [0.3, 0.4) is 0 Å². The van der Waals surface area contributed by atoms with Crippen molar-refractivity contribution in [2.75, 3.05) is 51.5 Å². The van der Waals surface area contributed by atoms with Crippen LogP contribution in [0.25, 0.3) is 0 Å². The molecular formula is C18H26N6O2. The fourth-order valence-corrected chi connectivity index (χ4v) is 3.01. The van der Waals surface area contributed by atoms with Crippen molar-refractivity contribution in [3.8, 4) is 11.6 Å². The quantitative estimate of drug-likeness (QED) is 0.780. The van der Waals surface area contributed by atoms with E-state index in [4.69, 9.17) is 9.47 Å². The fourth-order valence-electron chi connectivity index (χ4n) is 3.01. The number of likely N-dealkylation sites (tertiary alicyclic amines) is 1. The second kappa shape index (κ2) is 8.18. The number of methoxy groups -OCH3 is 1. The maximum Gasteiger partial charge on any atom is 0.256 e. The molecule has 2 aromatic rings. The van der Waals surface area contributed by atoms with Crippen molar-refractivity contribution in [2.45, 2.75) is 13.3 Å². The second-order valence-electron chi connectivity index (χ2n) is 6.55. The minimum absolute atomic E-state index is 0.475. The molecule has 3 heterocycles. The lowest BCUT2D eigenvalue weighted by atomic mass is 10.1. The maximum atomic E-state index is 6.00. The smallest absolute Gasteiger partial charge is 0.256 e. The molecule has 1 aliphatic rings. The van der Waals surface area contributed by atoms with Gasteiger partial charge in [0.25, 0.3) is 5.88 Å². The molecule has 0 unspecified atom stereocenters. The Morgan fingerprint density at radius 2 is 2.15 bits per heavy atom. The SMILES string of the molecule is CNc1cc(C)nc(Nc2cnc(OC)c(OC[C@@H]3CCN(C)C3)c2)n1. The number of hydrogen-bond acceptors (Lipinski definition) is 8. The predicted octanol–water partition coefficient (Wildman–Crippen LogP) is 2.30. The lowest BCUT2D eigenvalue weighted by molar-refractivity contribution is 0.236. The predicted molar refractivity (Wildman–Crippen MR) is 101 cm³/mol. The highest BCUT2D eigenvalue weighted by Crippen LogP contribution is 2.29. The molecule has 0 aliphatic carbocycles. The lowest BCUT2D eigenvalue weighted by Crippen LogP contribution is -2.18. The molecule has 0 amide bonds. The summed E-state index contributed by atoms with van der Waals surface area (Å²) in [5.74, 6) is 2.88. The molecule has 0 saturated carbocycles. The Morgan fingerprint density at radius 3 is 2.85 bits per heavy atom. The minimum atomic E-state index is 0.475. The molecular weight excluding hydrogens is 332 g/mol. The third-order valence-corrected chi connectivity index (χ3v) is 4.34. The summed E-state index contributed by atoms with van der Waals surface area (Å²) in [6.45, 7) is 4.74. The van der Waals surface area contributed by atoms with E-state index in [-0.39, 0.29) is 0 Å². The van der Waals surface area contributed by atoms with E-state index in [1.54, 1.807) is 13.3 Å². The minimum Gasteiger partial charge on any atom is -0.488 e. The summed E-state index contributed by atoms with van der Waals surface area (Å²) in [7, 11) is 5.55. The summed E-state index contributed by atoms with van der Waals surface area (Å²) in [5.41, 5.74) is 1.62. The van der Waals surface area contributed by atoms with Crippen molar-refractivity contribution in [1.82, 2.24) is 19.9 Å². The van der Waals surface area contributed by atoms with Gasteiger partial charge in [0.2, 0.25) is 5.95 Å². The van der Waals surface area contributed by atoms with Crippen LogP contribution in [0.15, 0.2) is 18.3 Å². The number of aryl methyl sites for hydroxylation is 1. The van der Waals surface area contributed by atoms with Crippen molar-refractivity contribution in [2.24, 2.45) is 5.92 Å².